The Hall–Kier alpha value is -0.420. The average Bonchev–Trinajstić information content (AvgIpc) is 2.30. The van der Waals surface area contributed by atoms with Gasteiger partial charge in [0.25, 0.3) is 0 Å². The van der Waals surface area contributed by atoms with Crippen molar-refractivity contribution in [1.29, 1.82) is 0 Å². The summed E-state index contributed by atoms with van der Waals surface area (Å²) in [6.07, 6.45) is 3.68. The van der Waals surface area contributed by atoms with Crippen molar-refractivity contribution in [3.8, 4) is 0 Å². The third kappa shape index (κ3) is 1.38. The van der Waals surface area contributed by atoms with Crippen LogP contribution in [0.5, 0.6) is 0 Å². The number of hydrogen-bond acceptors (Lipinski definition) is 4. The SMILES string of the molecule is Br.CC1=C(O)N2CC=CN=C2S1. The van der Waals surface area contributed by atoms with Gasteiger partial charge < -0.3 is 5.11 Å². The number of rotatable bonds is 0. The molecule has 0 amide bonds. The van der Waals surface area contributed by atoms with Crippen molar-refractivity contribution in [3.63, 3.8) is 0 Å². The average molecular weight is 249 g/mol. The maximum atomic E-state index is 9.46. The molecule has 2 rings (SSSR count). The fraction of sp³-hybridized carbons (Fsp3) is 0.286. The quantitative estimate of drug-likeness (QED) is 0.715. The van der Waals surface area contributed by atoms with E-state index in [9.17, 15) is 5.11 Å². The number of nitrogens with zero attached hydrogens (tertiary/aromatic N) is 2. The van der Waals surface area contributed by atoms with E-state index in [1.54, 1.807) is 11.1 Å². The Morgan fingerprint density at radius 1 is 1.67 bits per heavy atom. The Bertz CT molecular complexity index is 285. The summed E-state index contributed by atoms with van der Waals surface area (Å²) >= 11 is 1.51. The summed E-state index contributed by atoms with van der Waals surface area (Å²) in [5.41, 5.74) is 0. The summed E-state index contributed by atoms with van der Waals surface area (Å²) in [6.45, 7) is 2.62. The van der Waals surface area contributed by atoms with E-state index in [1.165, 1.54) is 11.8 Å². The van der Waals surface area contributed by atoms with Crippen LogP contribution in [0.2, 0.25) is 0 Å². The van der Waals surface area contributed by atoms with E-state index in [-0.39, 0.29) is 17.0 Å². The van der Waals surface area contributed by atoms with Crippen LogP contribution in [-0.4, -0.2) is 21.7 Å². The first-order valence-corrected chi connectivity index (χ1v) is 4.19. The fourth-order valence-corrected chi connectivity index (χ4v) is 1.91. The van der Waals surface area contributed by atoms with Gasteiger partial charge >= 0.3 is 0 Å². The zero-order valence-corrected chi connectivity index (χ0v) is 9.05. The van der Waals surface area contributed by atoms with Crippen LogP contribution >= 0.6 is 28.7 Å². The number of halogens is 1. The molecule has 0 radical (unpaired) electrons. The monoisotopic (exact) mass is 248 g/mol. The van der Waals surface area contributed by atoms with Gasteiger partial charge in [0, 0.05) is 17.6 Å². The lowest BCUT2D eigenvalue weighted by molar-refractivity contribution is 0.290. The Morgan fingerprint density at radius 2 is 2.42 bits per heavy atom. The Balaban J connectivity index is 0.000000720. The molecule has 5 heteroatoms. The second kappa shape index (κ2) is 3.53. The van der Waals surface area contributed by atoms with Gasteiger partial charge in [-0.3, -0.25) is 4.90 Å². The molecule has 2 heterocycles. The molecule has 0 aromatic rings. The van der Waals surface area contributed by atoms with Crippen molar-refractivity contribution in [2.24, 2.45) is 4.99 Å². The third-order valence-corrected chi connectivity index (χ3v) is 2.62. The molecule has 12 heavy (non-hydrogen) atoms. The number of fused-ring (bicyclic) bond motifs is 1. The van der Waals surface area contributed by atoms with Crippen molar-refractivity contribution >= 4 is 33.9 Å². The summed E-state index contributed by atoms with van der Waals surface area (Å²) in [5, 5.41) is 10.3. The number of aliphatic hydroxyl groups is 1. The molecular weight excluding hydrogens is 240 g/mol. The highest BCUT2D eigenvalue weighted by atomic mass is 79.9. The molecule has 66 valence electrons. The van der Waals surface area contributed by atoms with Gasteiger partial charge in [-0.2, -0.15) is 0 Å². The number of amidine groups is 1. The predicted octanol–water partition coefficient (Wildman–Crippen LogP) is 2.24. The molecule has 0 aromatic heterocycles. The molecule has 3 nitrogen and oxygen atoms in total. The number of aliphatic imine (C=N–C) groups is 1. The van der Waals surface area contributed by atoms with Crippen LogP contribution < -0.4 is 0 Å². The van der Waals surface area contributed by atoms with E-state index in [0.29, 0.717) is 5.88 Å². The molecule has 0 unspecified atom stereocenters. The Labute approximate surface area is 85.6 Å². The van der Waals surface area contributed by atoms with Crippen LogP contribution in [0.3, 0.4) is 0 Å². The molecule has 0 aliphatic carbocycles. The minimum atomic E-state index is 0. The molecular formula is C7H9BrN2OS. The van der Waals surface area contributed by atoms with Crippen LogP contribution in [0.1, 0.15) is 6.92 Å². The van der Waals surface area contributed by atoms with Crippen LogP contribution in [0.4, 0.5) is 0 Å². The Kier molecular flexibility index (Phi) is 2.85. The van der Waals surface area contributed by atoms with Gasteiger partial charge in [-0.25, -0.2) is 4.99 Å². The van der Waals surface area contributed by atoms with Crippen LogP contribution in [0.15, 0.2) is 28.1 Å². The van der Waals surface area contributed by atoms with Crippen molar-refractivity contribution in [1.82, 2.24) is 4.90 Å². The minimum absolute atomic E-state index is 0. The lowest BCUT2D eigenvalue weighted by Crippen LogP contribution is -2.25. The summed E-state index contributed by atoms with van der Waals surface area (Å²) in [5.74, 6) is 0.345. The van der Waals surface area contributed by atoms with E-state index in [1.807, 2.05) is 13.0 Å². The highest BCUT2D eigenvalue weighted by Crippen LogP contribution is 2.33. The van der Waals surface area contributed by atoms with E-state index in [0.717, 1.165) is 16.6 Å². The molecule has 1 N–H and O–H groups in total. The summed E-state index contributed by atoms with van der Waals surface area (Å²) < 4.78 is 0. The lowest BCUT2D eigenvalue weighted by atomic mass is 10.5. The summed E-state index contributed by atoms with van der Waals surface area (Å²) in [4.78, 5) is 6.83. The van der Waals surface area contributed by atoms with Crippen molar-refractivity contribution < 1.29 is 5.11 Å². The first-order valence-electron chi connectivity index (χ1n) is 3.37. The third-order valence-electron chi connectivity index (χ3n) is 1.62. The van der Waals surface area contributed by atoms with Crippen molar-refractivity contribution in [2.45, 2.75) is 6.92 Å². The highest BCUT2D eigenvalue weighted by molar-refractivity contribution is 8.93. The first kappa shape index (κ1) is 9.67. The second-order valence-electron chi connectivity index (χ2n) is 2.39. The molecule has 0 spiro atoms. The number of aliphatic hydroxyl groups excluding tert-OH is 1. The molecule has 0 aromatic carbocycles. The molecule has 0 atom stereocenters. The topological polar surface area (TPSA) is 35.8 Å². The number of allylic oxidation sites excluding steroid dienone is 1. The van der Waals surface area contributed by atoms with Gasteiger partial charge in [-0.15, -0.1) is 17.0 Å². The smallest absolute Gasteiger partial charge is 0.203 e. The number of thioether (sulfide) groups is 1. The van der Waals surface area contributed by atoms with Gasteiger partial charge in [0.1, 0.15) is 0 Å². The Morgan fingerprint density at radius 3 is 3.08 bits per heavy atom. The molecule has 0 saturated carbocycles. The standard InChI is InChI=1S/C7H8N2OS.BrH/c1-5-6(10)9-4-2-3-8-7(9)11-5;/h2-3,10H,4H2,1H3;1H. The molecule has 0 saturated heterocycles. The van der Waals surface area contributed by atoms with Gasteiger partial charge in [0.15, 0.2) is 5.17 Å². The van der Waals surface area contributed by atoms with E-state index >= 15 is 0 Å². The van der Waals surface area contributed by atoms with Crippen LogP contribution in [0, 0.1) is 0 Å². The lowest BCUT2D eigenvalue weighted by Gasteiger charge is -2.17. The largest absolute Gasteiger partial charge is 0.494 e. The number of hydrogen-bond donors (Lipinski definition) is 1. The molecule has 0 bridgehead atoms. The first-order chi connectivity index (χ1) is 5.29. The van der Waals surface area contributed by atoms with Gasteiger partial charge in [-0.1, -0.05) is 11.8 Å². The van der Waals surface area contributed by atoms with E-state index in [2.05, 4.69) is 4.99 Å². The van der Waals surface area contributed by atoms with Crippen molar-refractivity contribution in [2.75, 3.05) is 6.54 Å². The highest BCUT2D eigenvalue weighted by Gasteiger charge is 2.26. The maximum Gasteiger partial charge on any atom is 0.203 e. The normalized spacial score (nSPS) is 20.4. The van der Waals surface area contributed by atoms with Crippen molar-refractivity contribution in [3.05, 3.63) is 23.1 Å². The molecule has 0 fully saturated rings. The van der Waals surface area contributed by atoms with Crippen LogP contribution in [-0.2, 0) is 0 Å². The second-order valence-corrected chi connectivity index (χ2v) is 3.57. The van der Waals surface area contributed by atoms with E-state index < -0.39 is 0 Å². The molecule has 2 aliphatic heterocycles. The van der Waals surface area contributed by atoms with Crippen LogP contribution in [0.25, 0.3) is 0 Å². The predicted molar refractivity (Wildman–Crippen MR) is 56.5 cm³/mol. The minimum Gasteiger partial charge on any atom is -0.494 e. The zero-order valence-electron chi connectivity index (χ0n) is 6.52. The van der Waals surface area contributed by atoms with E-state index in [4.69, 9.17) is 0 Å². The summed E-state index contributed by atoms with van der Waals surface area (Å²) in [6, 6.07) is 0. The summed E-state index contributed by atoms with van der Waals surface area (Å²) in [7, 11) is 0. The van der Waals surface area contributed by atoms with Gasteiger partial charge in [0.05, 0.1) is 0 Å². The van der Waals surface area contributed by atoms with Gasteiger partial charge in [0.2, 0.25) is 5.88 Å². The van der Waals surface area contributed by atoms with Gasteiger partial charge in [-0.05, 0) is 13.0 Å². The maximum absolute atomic E-state index is 9.46. The zero-order chi connectivity index (χ0) is 7.84. The fourth-order valence-electron chi connectivity index (χ4n) is 1.05. The molecule has 2 aliphatic rings.